The average molecular weight is 89.1 g/mol. The Morgan fingerprint density at radius 2 is 2.33 bits per heavy atom. The fraction of sp³-hybridized carbons (Fsp3) is 0.500. The van der Waals surface area contributed by atoms with Gasteiger partial charge in [0.2, 0.25) is 0 Å². The van der Waals surface area contributed by atoms with Gasteiger partial charge in [-0.05, 0) is 6.92 Å². The third-order valence-electron chi connectivity index (χ3n) is 0.235. The van der Waals surface area contributed by atoms with Gasteiger partial charge in [-0.3, -0.25) is 4.79 Å². The van der Waals surface area contributed by atoms with E-state index in [0.717, 1.165) is 0 Å². The van der Waals surface area contributed by atoms with E-state index in [1.54, 1.807) is 6.92 Å². The van der Waals surface area contributed by atoms with E-state index < -0.39 is 0 Å². The molecule has 0 rings (SSSR count). The number of carbonyl (C=O) groups excluding carboxylic acids is 1. The van der Waals surface area contributed by atoms with Gasteiger partial charge in [-0.15, -0.1) is 0 Å². The zero-order valence-corrected chi connectivity index (χ0v) is 4.10. The summed E-state index contributed by atoms with van der Waals surface area (Å²) < 4.78 is 4.15. The minimum absolute atomic E-state index is 0. The van der Waals surface area contributed by atoms with Gasteiger partial charge < -0.3 is 4.74 Å². The van der Waals surface area contributed by atoms with E-state index in [4.69, 9.17) is 0 Å². The summed E-state index contributed by atoms with van der Waals surface area (Å²) in [6.45, 7) is 2.66. The van der Waals surface area contributed by atoms with Gasteiger partial charge in [0.1, 0.15) is 0 Å². The van der Waals surface area contributed by atoms with Crippen LogP contribution in [0, 0.1) is 7.43 Å². The second-order valence-electron chi connectivity index (χ2n) is 0.552. The second-order valence-corrected chi connectivity index (χ2v) is 0.552. The number of hydrogen-bond acceptors (Lipinski definition) is 2. The van der Waals surface area contributed by atoms with Crippen LogP contribution in [-0.4, -0.2) is 13.1 Å². The molecule has 0 saturated heterocycles. The Hall–Kier alpha value is -0.530. The topological polar surface area (TPSA) is 26.3 Å². The zero-order chi connectivity index (χ0) is 4.12. The highest BCUT2D eigenvalue weighted by atomic mass is 16.5. The van der Waals surface area contributed by atoms with Crippen LogP contribution in [0.3, 0.4) is 0 Å². The van der Waals surface area contributed by atoms with Crippen LogP contribution in [-0.2, 0) is 9.53 Å². The lowest BCUT2D eigenvalue weighted by molar-refractivity contribution is -0.128. The molecule has 0 aliphatic rings. The molecule has 0 unspecified atom stereocenters. The maximum absolute atomic E-state index is 9.18. The van der Waals surface area contributed by atoms with Crippen molar-refractivity contribution in [2.45, 2.75) is 6.92 Å². The monoisotopic (exact) mass is 89.1 g/mol. The van der Waals surface area contributed by atoms with Crippen LogP contribution >= 0.6 is 0 Å². The van der Waals surface area contributed by atoms with Crippen molar-refractivity contribution in [3.63, 3.8) is 0 Å². The SMILES string of the molecule is CCOC=O.[CH3]. The molecular formula is C4H9O2. The summed E-state index contributed by atoms with van der Waals surface area (Å²) in [5, 5.41) is 0. The molecule has 0 aromatic heterocycles. The zero-order valence-electron chi connectivity index (χ0n) is 4.10. The molecule has 0 fully saturated rings. The molecule has 0 aromatic rings. The Morgan fingerprint density at radius 3 is 2.33 bits per heavy atom. The van der Waals surface area contributed by atoms with Gasteiger partial charge in [0.15, 0.2) is 0 Å². The molecule has 0 atom stereocenters. The third-order valence-corrected chi connectivity index (χ3v) is 0.235. The maximum Gasteiger partial charge on any atom is 0.293 e. The van der Waals surface area contributed by atoms with Gasteiger partial charge >= 0.3 is 0 Å². The predicted molar refractivity (Wildman–Crippen MR) is 24.1 cm³/mol. The normalized spacial score (nSPS) is 5.50. The highest BCUT2D eigenvalue weighted by Crippen LogP contribution is 1.55. The van der Waals surface area contributed by atoms with E-state index in [9.17, 15) is 4.79 Å². The van der Waals surface area contributed by atoms with Crippen molar-refractivity contribution in [3.8, 4) is 0 Å². The Bertz CT molecular complexity index is 26.7. The summed E-state index contributed by atoms with van der Waals surface area (Å²) in [4.78, 5) is 9.18. The van der Waals surface area contributed by atoms with Gasteiger partial charge in [0, 0.05) is 0 Å². The van der Waals surface area contributed by atoms with Crippen molar-refractivity contribution in [1.82, 2.24) is 0 Å². The van der Waals surface area contributed by atoms with Crippen molar-refractivity contribution in [2.24, 2.45) is 0 Å². The molecule has 0 amide bonds. The van der Waals surface area contributed by atoms with Crippen LogP contribution < -0.4 is 0 Å². The van der Waals surface area contributed by atoms with Gasteiger partial charge in [-0.25, -0.2) is 0 Å². The van der Waals surface area contributed by atoms with Crippen LogP contribution in [0.1, 0.15) is 6.92 Å². The first-order valence-electron chi connectivity index (χ1n) is 1.47. The molecule has 6 heavy (non-hydrogen) atoms. The summed E-state index contributed by atoms with van der Waals surface area (Å²) >= 11 is 0. The molecule has 0 aliphatic heterocycles. The van der Waals surface area contributed by atoms with Gasteiger partial charge in [0.05, 0.1) is 6.61 Å². The van der Waals surface area contributed by atoms with Crippen LogP contribution in [0.4, 0.5) is 0 Å². The Kier molecular flexibility index (Phi) is 13.3. The summed E-state index contributed by atoms with van der Waals surface area (Å²) in [6.07, 6.45) is 0. The molecule has 0 aliphatic carbocycles. The summed E-state index contributed by atoms with van der Waals surface area (Å²) in [5.74, 6) is 0. The Morgan fingerprint density at radius 1 is 1.83 bits per heavy atom. The minimum atomic E-state index is 0. The molecule has 1 radical (unpaired) electrons. The van der Waals surface area contributed by atoms with Crippen LogP contribution in [0.25, 0.3) is 0 Å². The second kappa shape index (κ2) is 8.82. The first kappa shape index (κ1) is 9.08. The summed E-state index contributed by atoms with van der Waals surface area (Å²) in [7, 11) is 0. The Balaban J connectivity index is 0. The standard InChI is InChI=1S/C3H6O2.CH3/c1-2-5-3-4;/h3H,2H2,1H3;1H3. The fourth-order valence-electron chi connectivity index (χ4n) is 0.0680. The largest absolute Gasteiger partial charge is 0.468 e. The number of rotatable bonds is 2. The molecule has 2 nitrogen and oxygen atoms in total. The van der Waals surface area contributed by atoms with Gasteiger partial charge in [-0.2, -0.15) is 0 Å². The smallest absolute Gasteiger partial charge is 0.293 e. The molecule has 0 N–H and O–H groups in total. The minimum Gasteiger partial charge on any atom is -0.468 e. The highest BCUT2D eigenvalue weighted by molar-refractivity contribution is 5.36. The van der Waals surface area contributed by atoms with Crippen molar-refractivity contribution < 1.29 is 9.53 Å². The highest BCUT2D eigenvalue weighted by Gasteiger charge is 1.60. The first-order valence-corrected chi connectivity index (χ1v) is 1.47. The van der Waals surface area contributed by atoms with E-state index in [2.05, 4.69) is 4.74 Å². The summed E-state index contributed by atoms with van der Waals surface area (Å²) in [5.41, 5.74) is 0. The average Bonchev–Trinajstić information content (AvgIpc) is 1.41. The maximum atomic E-state index is 9.18. The van der Waals surface area contributed by atoms with Crippen molar-refractivity contribution >= 4 is 6.47 Å². The predicted octanol–water partition coefficient (Wildman–Crippen LogP) is 0.630. The van der Waals surface area contributed by atoms with Gasteiger partial charge in [0.25, 0.3) is 6.47 Å². The lowest BCUT2D eigenvalue weighted by Gasteiger charge is -1.79. The Labute approximate surface area is 38.1 Å². The van der Waals surface area contributed by atoms with Crippen molar-refractivity contribution in [2.75, 3.05) is 6.61 Å². The molecule has 37 valence electrons. The molecule has 0 aromatic carbocycles. The fourth-order valence-corrected chi connectivity index (χ4v) is 0.0680. The molecule has 2 heteroatoms. The van der Waals surface area contributed by atoms with E-state index in [1.165, 1.54) is 0 Å². The molecule has 0 saturated carbocycles. The van der Waals surface area contributed by atoms with Crippen LogP contribution in [0.15, 0.2) is 0 Å². The molecule has 0 bridgehead atoms. The molecular weight excluding hydrogens is 80.0 g/mol. The number of hydrogen-bond donors (Lipinski definition) is 0. The lowest BCUT2D eigenvalue weighted by Crippen LogP contribution is -1.80. The van der Waals surface area contributed by atoms with Crippen molar-refractivity contribution in [3.05, 3.63) is 7.43 Å². The molecule has 0 spiro atoms. The number of ether oxygens (including phenoxy) is 1. The molecule has 0 heterocycles. The van der Waals surface area contributed by atoms with E-state index in [0.29, 0.717) is 13.1 Å². The lowest BCUT2D eigenvalue weighted by atomic mass is 10.9. The van der Waals surface area contributed by atoms with Gasteiger partial charge in [-0.1, -0.05) is 7.43 Å². The van der Waals surface area contributed by atoms with Crippen molar-refractivity contribution in [1.29, 1.82) is 0 Å². The summed E-state index contributed by atoms with van der Waals surface area (Å²) in [6, 6.07) is 0. The van der Waals surface area contributed by atoms with Crippen LogP contribution in [0.5, 0.6) is 0 Å². The third kappa shape index (κ3) is 9.80. The van der Waals surface area contributed by atoms with E-state index in [-0.39, 0.29) is 7.43 Å². The first-order chi connectivity index (χ1) is 2.41. The van der Waals surface area contributed by atoms with Crippen LogP contribution in [0.2, 0.25) is 0 Å². The number of carbonyl (C=O) groups is 1. The quantitative estimate of drug-likeness (QED) is 0.464. The van der Waals surface area contributed by atoms with E-state index >= 15 is 0 Å². The van der Waals surface area contributed by atoms with E-state index in [1.807, 2.05) is 0 Å².